The molecule has 0 aromatic carbocycles. The van der Waals surface area contributed by atoms with Crippen molar-refractivity contribution in [2.75, 3.05) is 0 Å². The van der Waals surface area contributed by atoms with Crippen LogP contribution in [0.25, 0.3) is 0 Å². The normalized spacial score (nSPS) is 12.0. The first-order valence-electron chi connectivity index (χ1n) is 6.93. The Bertz CT molecular complexity index is 129. The molecule has 15 heavy (non-hydrogen) atoms. The summed E-state index contributed by atoms with van der Waals surface area (Å²) < 4.78 is 0. The van der Waals surface area contributed by atoms with Gasteiger partial charge in [0, 0.05) is 0 Å². The van der Waals surface area contributed by atoms with Gasteiger partial charge < -0.3 is 0 Å². The van der Waals surface area contributed by atoms with Gasteiger partial charge in [0.2, 0.25) is 0 Å². The number of rotatable bonds is 10. The minimum Gasteiger partial charge on any atom is -0.0692 e. The molecule has 0 atom stereocenters. The molecule has 1 heteroatoms. The Labute approximate surface area is 98.9 Å². The Kier molecular flexibility index (Phi) is 9.58. The highest BCUT2D eigenvalue weighted by molar-refractivity contribution is 6.80. The lowest BCUT2D eigenvalue weighted by molar-refractivity contribution is 0.584. The predicted octanol–water partition coefficient (Wildman–Crippen LogP) is 5.60. The summed E-state index contributed by atoms with van der Waals surface area (Å²) in [7, 11) is -0.883. The topological polar surface area (TPSA) is 0 Å². The van der Waals surface area contributed by atoms with Gasteiger partial charge in [0.1, 0.15) is 0 Å². The Balaban J connectivity index is 3.11. The Hall–Kier alpha value is 0.217. The molecular formula is C14H31Si. The summed E-state index contributed by atoms with van der Waals surface area (Å²) in [5, 5.41) is 0. The van der Waals surface area contributed by atoms with Crippen LogP contribution >= 0.6 is 0 Å². The summed E-state index contributed by atoms with van der Waals surface area (Å²) in [6, 6.07) is 3.98. The quantitative estimate of drug-likeness (QED) is 0.337. The van der Waals surface area contributed by atoms with Crippen LogP contribution in [0.1, 0.15) is 65.2 Å². The first-order chi connectivity index (χ1) is 7.12. The lowest BCUT2D eigenvalue weighted by atomic mass is 10.1. The molecule has 0 aromatic rings. The molecule has 0 saturated carbocycles. The molecular weight excluding hydrogens is 196 g/mol. The average molecular weight is 227 g/mol. The fourth-order valence-corrected chi connectivity index (χ4v) is 3.31. The molecule has 0 amide bonds. The highest BCUT2D eigenvalue weighted by Gasteiger charge is 2.16. The maximum atomic E-state index is 2.48. The molecule has 0 saturated heterocycles. The highest BCUT2D eigenvalue weighted by Crippen LogP contribution is 2.18. The zero-order chi connectivity index (χ0) is 11.6. The summed E-state index contributed by atoms with van der Waals surface area (Å²) in [4.78, 5) is 0. The van der Waals surface area contributed by atoms with E-state index in [0.29, 0.717) is 0 Å². The van der Waals surface area contributed by atoms with Crippen molar-refractivity contribution in [1.82, 2.24) is 0 Å². The Morgan fingerprint density at radius 2 is 1.27 bits per heavy atom. The average Bonchev–Trinajstić information content (AvgIpc) is 2.22. The minimum atomic E-state index is -0.883. The van der Waals surface area contributed by atoms with Crippen molar-refractivity contribution in [1.29, 1.82) is 0 Å². The summed E-state index contributed by atoms with van der Waals surface area (Å²) in [5.74, 6) is 0. The van der Waals surface area contributed by atoms with Crippen LogP contribution < -0.4 is 0 Å². The number of hydrogen-bond donors (Lipinski definition) is 0. The molecule has 0 aliphatic rings. The van der Waals surface area contributed by atoms with E-state index >= 15 is 0 Å². The third-order valence-corrected chi connectivity index (χ3v) is 6.66. The van der Waals surface area contributed by atoms with E-state index in [1.54, 1.807) is 0 Å². The maximum absolute atomic E-state index is 2.48. The zero-order valence-corrected chi connectivity index (χ0v) is 12.4. The fourth-order valence-electron chi connectivity index (χ4n) is 1.86. The molecule has 0 nitrogen and oxygen atoms in total. The molecule has 1 radical (unpaired) electrons. The third-order valence-electron chi connectivity index (χ3n) is 3.46. The molecule has 0 N–H and O–H groups in total. The second-order valence-electron chi connectivity index (χ2n) is 5.50. The first-order valence-corrected chi connectivity index (χ1v) is 10.2. The van der Waals surface area contributed by atoms with Gasteiger partial charge in [-0.2, -0.15) is 0 Å². The SMILES string of the molecule is C[CH][Si](C)(C)CCCCCCCCCC. The second kappa shape index (κ2) is 9.44. The van der Waals surface area contributed by atoms with Crippen LogP contribution in [0.3, 0.4) is 0 Å². The standard InChI is InChI=1S/C14H31Si/c1-5-7-8-9-10-11-12-13-14-15(3,4)6-2/h6H,5,7-14H2,1-4H3. The van der Waals surface area contributed by atoms with Gasteiger partial charge in [-0.3, -0.25) is 0 Å². The van der Waals surface area contributed by atoms with Crippen LogP contribution in [0.4, 0.5) is 0 Å². The van der Waals surface area contributed by atoms with E-state index < -0.39 is 8.07 Å². The molecule has 91 valence electrons. The second-order valence-corrected chi connectivity index (χ2v) is 10.6. The lowest BCUT2D eigenvalue weighted by Gasteiger charge is -2.19. The Morgan fingerprint density at radius 3 is 1.73 bits per heavy atom. The van der Waals surface area contributed by atoms with E-state index in [0.717, 1.165) is 0 Å². The third kappa shape index (κ3) is 10.5. The van der Waals surface area contributed by atoms with Gasteiger partial charge >= 0.3 is 0 Å². The van der Waals surface area contributed by atoms with Crippen LogP contribution in [0.2, 0.25) is 19.1 Å². The molecule has 0 spiro atoms. The number of unbranched alkanes of at least 4 members (excludes halogenated alkanes) is 7. The van der Waals surface area contributed by atoms with E-state index in [1.165, 1.54) is 57.4 Å². The molecule has 0 unspecified atom stereocenters. The van der Waals surface area contributed by atoms with Crippen molar-refractivity contribution in [3.05, 3.63) is 6.04 Å². The van der Waals surface area contributed by atoms with Crippen LogP contribution in [-0.2, 0) is 0 Å². The predicted molar refractivity (Wildman–Crippen MR) is 74.9 cm³/mol. The number of hydrogen-bond acceptors (Lipinski definition) is 0. The van der Waals surface area contributed by atoms with E-state index in [2.05, 4.69) is 33.0 Å². The van der Waals surface area contributed by atoms with Gasteiger partial charge in [-0.1, -0.05) is 84.4 Å². The summed E-state index contributed by atoms with van der Waals surface area (Å²) in [5.41, 5.74) is 0. The van der Waals surface area contributed by atoms with E-state index in [-0.39, 0.29) is 0 Å². The Morgan fingerprint density at radius 1 is 0.800 bits per heavy atom. The molecule has 0 aliphatic carbocycles. The van der Waals surface area contributed by atoms with Crippen molar-refractivity contribution in [2.45, 2.75) is 84.4 Å². The molecule has 0 fully saturated rings. The van der Waals surface area contributed by atoms with Crippen LogP contribution in [0.5, 0.6) is 0 Å². The van der Waals surface area contributed by atoms with Crippen LogP contribution in [-0.4, -0.2) is 8.07 Å². The maximum Gasteiger partial charge on any atom is 0.0501 e. The monoisotopic (exact) mass is 227 g/mol. The van der Waals surface area contributed by atoms with Crippen molar-refractivity contribution >= 4 is 8.07 Å². The van der Waals surface area contributed by atoms with Crippen LogP contribution in [0.15, 0.2) is 0 Å². The van der Waals surface area contributed by atoms with Gasteiger partial charge in [-0.25, -0.2) is 0 Å². The lowest BCUT2D eigenvalue weighted by Crippen LogP contribution is -2.24. The molecule has 0 aliphatic heterocycles. The van der Waals surface area contributed by atoms with Crippen LogP contribution in [0, 0.1) is 6.04 Å². The van der Waals surface area contributed by atoms with Gasteiger partial charge in [0.05, 0.1) is 8.07 Å². The smallest absolute Gasteiger partial charge is 0.0501 e. The zero-order valence-electron chi connectivity index (χ0n) is 11.4. The van der Waals surface area contributed by atoms with Gasteiger partial charge in [-0.05, 0) is 6.04 Å². The van der Waals surface area contributed by atoms with E-state index in [1.807, 2.05) is 0 Å². The van der Waals surface area contributed by atoms with Gasteiger partial charge in [0.25, 0.3) is 0 Å². The largest absolute Gasteiger partial charge is 0.0692 e. The minimum absolute atomic E-state index is 0.883. The van der Waals surface area contributed by atoms with E-state index in [9.17, 15) is 0 Å². The summed E-state index contributed by atoms with van der Waals surface area (Å²) in [6.07, 6.45) is 11.6. The van der Waals surface area contributed by atoms with Crippen molar-refractivity contribution in [2.24, 2.45) is 0 Å². The van der Waals surface area contributed by atoms with Crippen molar-refractivity contribution in [3.8, 4) is 0 Å². The van der Waals surface area contributed by atoms with Crippen molar-refractivity contribution in [3.63, 3.8) is 0 Å². The molecule has 0 aromatic heterocycles. The highest BCUT2D eigenvalue weighted by atomic mass is 28.3. The molecule has 0 rings (SSSR count). The van der Waals surface area contributed by atoms with Crippen molar-refractivity contribution < 1.29 is 0 Å². The van der Waals surface area contributed by atoms with Gasteiger partial charge in [-0.15, -0.1) is 0 Å². The van der Waals surface area contributed by atoms with Gasteiger partial charge in [0.15, 0.2) is 0 Å². The molecule has 0 bridgehead atoms. The molecule has 0 heterocycles. The van der Waals surface area contributed by atoms with E-state index in [4.69, 9.17) is 0 Å². The summed E-state index contributed by atoms with van der Waals surface area (Å²) >= 11 is 0. The fraction of sp³-hybridized carbons (Fsp3) is 0.929. The first kappa shape index (κ1) is 15.2. The summed E-state index contributed by atoms with van der Waals surface area (Å²) in [6.45, 7) is 9.49.